The van der Waals surface area contributed by atoms with Crippen molar-refractivity contribution in [3.63, 3.8) is 0 Å². The number of non-ortho nitro benzene ring substituents is 1. The van der Waals surface area contributed by atoms with Gasteiger partial charge in [-0.3, -0.25) is 10.1 Å². The third-order valence-corrected chi connectivity index (χ3v) is 2.35. The van der Waals surface area contributed by atoms with Crippen molar-refractivity contribution in [1.82, 2.24) is 0 Å². The van der Waals surface area contributed by atoms with Gasteiger partial charge in [-0.15, -0.1) is 0 Å². The lowest BCUT2D eigenvalue weighted by molar-refractivity contribution is -0.384. The van der Waals surface area contributed by atoms with Crippen LogP contribution in [0, 0.1) is 10.1 Å². The Morgan fingerprint density at radius 1 is 1.56 bits per heavy atom. The van der Waals surface area contributed by atoms with Gasteiger partial charge in [-0.1, -0.05) is 19.4 Å². The molecule has 0 bridgehead atoms. The lowest BCUT2D eigenvalue weighted by Gasteiger charge is -2.16. The summed E-state index contributed by atoms with van der Waals surface area (Å²) < 4.78 is 0. The van der Waals surface area contributed by atoms with E-state index < -0.39 is 4.92 Å². The van der Waals surface area contributed by atoms with E-state index in [1.54, 1.807) is 6.07 Å². The van der Waals surface area contributed by atoms with Gasteiger partial charge in [-0.25, -0.2) is 0 Å². The summed E-state index contributed by atoms with van der Waals surface area (Å²) in [5.41, 5.74) is 6.45. The third kappa shape index (κ3) is 3.51. The molecular formula is C11H17N3O2. The average Bonchev–Trinajstić information content (AvgIpc) is 2.29. The van der Waals surface area contributed by atoms with Gasteiger partial charge in [-0.2, -0.15) is 0 Å². The third-order valence-electron chi connectivity index (χ3n) is 2.35. The van der Waals surface area contributed by atoms with Gasteiger partial charge in [-0.05, 0) is 12.5 Å². The molecular weight excluding hydrogens is 206 g/mol. The molecule has 0 aromatic heterocycles. The number of nitro groups is 1. The molecule has 0 heterocycles. The molecule has 1 rings (SSSR count). The van der Waals surface area contributed by atoms with E-state index >= 15 is 0 Å². The first-order chi connectivity index (χ1) is 7.67. The largest absolute Gasteiger partial charge is 0.381 e. The maximum absolute atomic E-state index is 10.6. The molecule has 0 aliphatic heterocycles. The van der Waals surface area contributed by atoms with Crippen LogP contribution in [0.25, 0.3) is 0 Å². The molecule has 0 saturated carbocycles. The van der Waals surface area contributed by atoms with Gasteiger partial charge in [0.15, 0.2) is 0 Å². The van der Waals surface area contributed by atoms with Gasteiger partial charge in [0.25, 0.3) is 5.69 Å². The van der Waals surface area contributed by atoms with Gasteiger partial charge in [0.05, 0.1) is 4.92 Å². The van der Waals surface area contributed by atoms with Crippen LogP contribution in [-0.2, 0) is 0 Å². The van der Waals surface area contributed by atoms with Crippen molar-refractivity contribution in [3.8, 4) is 0 Å². The Labute approximate surface area is 94.8 Å². The van der Waals surface area contributed by atoms with E-state index in [2.05, 4.69) is 12.2 Å². The average molecular weight is 223 g/mol. The SMILES string of the molecule is CCCC(CN)Nc1cccc([N+](=O)[O-])c1. The number of anilines is 1. The first kappa shape index (κ1) is 12.4. The second-order valence-corrected chi connectivity index (χ2v) is 3.67. The van der Waals surface area contributed by atoms with Crippen LogP contribution < -0.4 is 11.1 Å². The maximum Gasteiger partial charge on any atom is 0.271 e. The van der Waals surface area contributed by atoms with E-state index in [-0.39, 0.29) is 11.7 Å². The summed E-state index contributed by atoms with van der Waals surface area (Å²) in [6, 6.07) is 6.65. The molecule has 0 amide bonds. The quantitative estimate of drug-likeness (QED) is 0.571. The monoisotopic (exact) mass is 223 g/mol. The zero-order valence-electron chi connectivity index (χ0n) is 9.35. The molecule has 5 nitrogen and oxygen atoms in total. The van der Waals surface area contributed by atoms with Crippen LogP contribution in [0.1, 0.15) is 19.8 Å². The highest BCUT2D eigenvalue weighted by molar-refractivity contribution is 5.51. The fourth-order valence-corrected chi connectivity index (χ4v) is 1.54. The second kappa shape index (κ2) is 6.07. The van der Waals surface area contributed by atoms with Crippen molar-refractivity contribution in [3.05, 3.63) is 34.4 Å². The van der Waals surface area contributed by atoms with E-state index in [1.165, 1.54) is 12.1 Å². The summed E-state index contributed by atoms with van der Waals surface area (Å²) in [6.45, 7) is 2.61. The molecule has 0 aliphatic rings. The highest BCUT2D eigenvalue weighted by Crippen LogP contribution is 2.18. The minimum absolute atomic E-state index is 0.0947. The minimum atomic E-state index is -0.400. The predicted molar refractivity (Wildman–Crippen MR) is 64.5 cm³/mol. The Hall–Kier alpha value is -1.62. The van der Waals surface area contributed by atoms with E-state index in [0.717, 1.165) is 18.5 Å². The molecule has 1 aromatic rings. The van der Waals surface area contributed by atoms with E-state index in [4.69, 9.17) is 5.73 Å². The molecule has 16 heavy (non-hydrogen) atoms. The fraction of sp³-hybridized carbons (Fsp3) is 0.455. The van der Waals surface area contributed by atoms with Crippen LogP contribution in [0.5, 0.6) is 0 Å². The topological polar surface area (TPSA) is 81.2 Å². The smallest absolute Gasteiger partial charge is 0.271 e. The van der Waals surface area contributed by atoms with Crippen LogP contribution in [0.2, 0.25) is 0 Å². The molecule has 1 aromatic carbocycles. The molecule has 0 radical (unpaired) electrons. The Morgan fingerprint density at radius 3 is 2.88 bits per heavy atom. The second-order valence-electron chi connectivity index (χ2n) is 3.67. The Kier molecular flexibility index (Phi) is 4.72. The van der Waals surface area contributed by atoms with Crippen molar-refractivity contribution in [2.45, 2.75) is 25.8 Å². The number of nitrogens with two attached hydrogens (primary N) is 1. The molecule has 0 fully saturated rings. The van der Waals surface area contributed by atoms with Gasteiger partial charge < -0.3 is 11.1 Å². The fourth-order valence-electron chi connectivity index (χ4n) is 1.54. The highest BCUT2D eigenvalue weighted by atomic mass is 16.6. The standard InChI is InChI=1S/C11H17N3O2/c1-2-4-10(8-12)13-9-5-3-6-11(7-9)14(15)16/h3,5-7,10,13H,2,4,8,12H2,1H3. The number of nitrogens with zero attached hydrogens (tertiary/aromatic N) is 1. The lowest BCUT2D eigenvalue weighted by atomic mass is 10.1. The molecule has 1 atom stereocenters. The zero-order valence-corrected chi connectivity index (χ0v) is 9.35. The van der Waals surface area contributed by atoms with Crippen LogP contribution in [-0.4, -0.2) is 17.5 Å². The summed E-state index contributed by atoms with van der Waals surface area (Å²) >= 11 is 0. The van der Waals surface area contributed by atoms with Crippen molar-refractivity contribution in [2.24, 2.45) is 5.73 Å². The normalized spacial score (nSPS) is 12.1. The summed E-state index contributed by atoms with van der Waals surface area (Å²) in [5.74, 6) is 0. The molecule has 1 unspecified atom stereocenters. The molecule has 0 aliphatic carbocycles. The number of nitrogens with one attached hydrogen (secondary N) is 1. The van der Waals surface area contributed by atoms with Gasteiger partial charge in [0, 0.05) is 30.4 Å². The predicted octanol–water partition coefficient (Wildman–Crippen LogP) is 2.13. The van der Waals surface area contributed by atoms with Crippen LogP contribution in [0.15, 0.2) is 24.3 Å². The number of hydrogen-bond donors (Lipinski definition) is 2. The van der Waals surface area contributed by atoms with Gasteiger partial charge in [0.1, 0.15) is 0 Å². The van der Waals surface area contributed by atoms with E-state index in [0.29, 0.717) is 6.54 Å². The van der Waals surface area contributed by atoms with Crippen molar-refractivity contribution < 1.29 is 4.92 Å². The van der Waals surface area contributed by atoms with Crippen LogP contribution in [0.3, 0.4) is 0 Å². The van der Waals surface area contributed by atoms with Crippen molar-refractivity contribution in [1.29, 1.82) is 0 Å². The Morgan fingerprint density at radius 2 is 2.31 bits per heavy atom. The number of nitro benzene ring substituents is 1. The van der Waals surface area contributed by atoms with Crippen molar-refractivity contribution >= 4 is 11.4 Å². The number of hydrogen-bond acceptors (Lipinski definition) is 4. The number of rotatable bonds is 6. The molecule has 0 spiro atoms. The Balaban J connectivity index is 2.72. The lowest BCUT2D eigenvalue weighted by Crippen LogP contribution is -2.28. The summed E-state index contributed by atoms with van der Waals surface area (Å²) in [5, 5.41) is 13.8. The summed E-state index contributed by atoms with van der Waals surface area (Å²) in [4.78, 5) is 10.2. The maximum atomic E-state index is 10.6. The molecule has 3 N–H and O–H groups in total. The minimum Gasteiger partial charge on any atom is -0.381 e. The molecule has 88 valence electrons. The summed E-state index contributed by atoms with van der Waals surface area (Å²) in [7, 11) is 0. The molecule has 0 saturated heterocycles. The molecule has 5 heteroatoms. The van der Waals surface area contributed by atoms with E-state index in [1.807, 2.05) is 6.07 Å². The zero-order chi connectivity index (χ0) is 12.0. The first-order valence-electron chi connectivity index (χ1n) is 5.38. The summed E-state index contributed by atoms with van der Waals surface area (Å²) in [6.07, 6.45) is 1.99. The van der Waals surface area contributed by atoms with Crippen molar-refractivity contribution in [2.75, 3.05) is 11.9 Å². The Bertz CT molecular complexity index is 355. The first-order valence-corrected chi connectivity index (χ1v) is 5.38. The van der Waals surface area contributed by atoms with Crippen LogP contribution in [0.4, 0.5) is 11.4 Å². The number of benzene rings is 1. The van der Waals surface area contributed by atoms with Gasteiger partial charge >= 0.3 is 0 Å². The van der Waals surface area contributed by atoms with Gasteiger partial charge in [0.2, 0.25) is 0 Å². The van der Waals surface area contributed by atoms with E-state index in [9.17, 15) is 10.1 Å². The highest BCUT2D eigenvalue weighted by Gasteiger charge is 2.08. The van der Waals surface area contributed by atoms with Crippen LogP contribution >= 0.6 is 0 Å².